The molecule has 0 amide bonds. The van der Waals surface area contributed by atoms with Crippen molar-refractivity contribution < 1.29 is 17.9 Å². The van der Waals surface area contributed by atoms with E-state index in [9.17, 15) is 13.2 Å². The van der Waals surface area contributed by atoms with Crippen LogP contribution in [0.15, 0.2) is 0 Å². The van der Waals surface area contributed by atoms with Gasteiger partial charge in [-0.05, 0) is 13.8 Å². The Hall–Kier alpha value is -0.660. The maximum atomic E-state index is 11.5. The van der Waals surface area contributed by atoms with Crippen LogP contribution in [0.25, 0.3) is 0 Å². The molecule has 15 heavy (non-hydrogen) atoms. The molecule has 0 rings (SSSR count). The van der Waals surface area contributed by atoms with Crippen LogP contribution >= 0.6 is 0 Å². The summed E-state index contributed by atoms with van der Waals surface area (Å²) in [5.41, 5.74) is 0. The maximum Gasteiger partial charge on any atom is 0.306 e. The first kappa shape index (κ1) is 14.3. The molecule has 0 aliphatic carbocycles. The molecule has 0 fully saturated rings. The van der Waals surface area contributed by atoms with Crippen LogP contribution in [0.3, 0.4) is 0 Å². The van der Waals surface area contributed by atoms with Gasteiger partial charge in [0.2, 0.25) is 0 Å². The summed E-state index contributed by atoms with van der Waals surface area (Å²) in [5.74, 6) is -0.429. The van der Waals surface area contributed by atoms with E-state index >= 15 is 0 Å². The zero-order valence-electron chi connectivity index (χ0n) is 9.48. The van der Waals surface area contributed by atoms with Crippen LogP contribution in [0.4, 0.5) is 0 Å². The minimum absolute atomic E-state index is 0.0476. The first-order valence-corrected chi connectivity index (χ1v) is 6.04. The molecule has 0 aliphatic heterocycles. The summed E-state index contributed by atoms with van der Waals surface area (Å²) in [7, 11) is -0.810. The lowest BCUT2D eigenvalue weighted by atomic mass is 10.4. The fraction of sp³-hybridized carbons (Fsp3) is 0.875. The van der Waals surface area contributed by atoms with Crippen LogP contribution < -0.4 is 4.72 Å². The zero-order chi connectivity index (χ0) is 12.1. The molecule has 6 nitrogen and oxygen atoms in total. The van der Waals surface area contributed by atoms with E-state index in [1.165, 1.54) is 14.2 Å². The third kappa shape index (κ3) is 5.71. The van der Waals surface area contributed by atoms with Crippen LogP contribution in [0, 0.1) is 0 Å². The molecule has 0 aromatic rings. The van der Waals surface area contributed by atoms with Crippen molar-refractivity contribution >= 4 is 16.2 Å². The minimum Gasteiger partial charge on any atom is -0.469 e. The van der Waals surface area contributed by atoms with Crippen LogP contribution in [-0.4, -0.2) is 45.4 Å². The number of rotatable bonds is 6. The molecule has 0 aliphatic rings. The molecule has 90 valence electrons. The molecule has 0 heterocycles. The summed E-state index contributed by atoms with van der Waals surface area (Å²) >= 11 is 0. The second-order valence-corrected chi connectivity index (χ2v) is 5.23. The van der Waals surface area contributed by atoms with Crippen molar-refractivity contribution in [3.63, 3.8) is 0 Å². The van der Waals surface area contributed by atoms with Gasteiger partial charge >= 0.3 is 5.97 Å². The fourth-order valence-electron chi connectivity index (χ4n) is 0.859. The third-order valence-corrected chi connectivity index (χ3v) is 3.43. The van der Waals surface area contributed by atoms with Gasteiger partial charge in [0.25, 0.3) is 10.2 Å². The predicted octanol–water partition coefficient (Wildman–Crippen LogP) is -0.276. The van der Waals surface area contributed by atoms with Gasteiger partial charge in [-0.3, -0.25) is 4.79 Å². The highest BCUT2D eigenvalue weighted by atomic mass is 32.2. The molecular formula is C8H18N2O4S. The Morgan fingerprint density at radius 2 is 2.00 bits per heavy atom. The fourth-order valence-corrected chi connectivity index (χ4v) is 1.97. The SMILES string of the molecule is COC(=O)CCN(C)S(=O)(=O)NC(C)C. The van der Waals surface area contributed by atoms with Crippen molar-refractivity contribution in [3.8, 4) is 0 Å². The summed E-state index contributed by atoms with van der Waals surface area (Å²) in [6.07, 6.45) is 0.0476. The van der Waals surface area contributed by atoms with E-state index in [-0.39, 0.29) is 19.0 Å². The lowest BCUT2D eigenvalue weighted by Crippen LogP contribution is -2.42. The van der Waals surface area contributed by atoms with Crippen molar-refractivity contribution in [3.05, 3.63) is 0 Å². The van der Waals surface area contributed by atoms with E-state index in [1.54, 1.807) is 13.8 Å². The van der Waals surface area contributed by atoms with Gasteiger partial charge in [-0.25, -0.2) is 0 Å². The molecule has 0 saturated heterocycles. The highest BCUT2D eigenvalue weighted by Crippen LogP contribution is 1.98. The van der Waals surface area contributed by atoms with E-state index in [0.29, 0.717) is 0 Å². The average Bonchev–Trinajstić information content (AvgIpc) is 2.11. The van der Waals surface area contributed by atoms with Gasteiger partial charge < -0.3 is 4.74 Å². The smallest absolute Gasteiger partial charge is 0.306 e. The number of esters is 1. The average molecular weight is 238 g/mol. The highest BCUT2D eigenvalue weighted by Gasteiger charge is 2.19. The number of ether oxygens (including phenoxy) is 1. The van der Waals surface area contributed by atoms with E-state index in [1.807, 2.05) is 0 Å². The lowest BCUT2D eigenvalue weighted by molar-refractivity contribution is -0.140. The summed E-state index contributed by atoms with van der Waals surface area (Å²) in [6, 6.07) is -0.171. The number of methoxy groups -OCH3 is 1. The Balaban J connectivity index is 4.20. The van der Waals surface area contributed by atoms with Crippen molar-refractivity contribution in [2.24, 2.45) is 0 Å². The first-order valence-electron chi connectivity index (χ1n) is 4.60. The summed E-state index contributed by atoms with van der Waals surface area (Å²) in [5, 5.41) is 0. The normalized spacial score (nSPS) is 12.1. The first-order chi connectivity index (χ1) is 6.79. The molecule has 0 aromatic carbocycles. The van der Waals surface area contributed by atoms with Crippen molar-refractivity contribution in [2.75, 3.05) is 20.7 Å². The molecule has 0 spiro atoms. The minimum atomic E-state index is -3.49. The van der Waals surface area contributed by atoms with Gasteiger partial charge in [-0.2, -0.15) is 17.4 Å². The van der Waals surface area contributed by atoms with Gasteiger partial charge in [0.05, 0.1) is 13.5 Å². The van der Waals surface area contributed by atoms with E-state index in [4.69, 9.17) is 0 Å². The highest BCUT2D eigenvalue weighted by molar-refractivity contribution is 7.87. The molecule has 0 atom stereocenters. The quantitative estimate of drug-likeness (QED) is 0.646. The Morgan fingerprint density at radius 3 is 2.40 bits per heavy atom. The van der Waals surface area contributed by atoms with Crippen LogP contribution in [0.2, 0.25) is 0 Å². The molecular weight excluding hydrogens is 220 g/mol. The molecule has 0 bridgehead atoms. The number of carbonyl (C=O) groups excluding carboxylic acids is 1. The summed E-state index contributed by atoms with van der Waals surface area (Å²) < 4.78 is 30.9. The number of hydrogen-bond acceptors (Lipinski definition) is 4. The molecule has 0 unspecified atom stereocenters. The third-order valence-electron chi connectivity index (χ3n) is 1.65. The molecule has 0 radical (unpaired) electrons. The Morgan fingerprint density at radius 1 is 1.47 bits per heavy atom. The summed E-state index contributed by atoms with van der Waals surface area (Å²) in [6.45, 7) is 3.56. The van der Waals surface area contributed by atoms with E-state index in [2.05, 4.69) is 9.46 Å². The van der Waals surface area contributed by atoms with Crippen molar-refractivity contribution in [1.29, 1.82) is 0 Å². The number of carbonyl (C=O) groups is 1. The van der Waals surface area contributed by atoms with Gasteiger partial charge in [0, 0.05) is 19.6 Å². The van der Waals surface area contributed by atoms with Crippen LogP contribution in [0.5, 0.6) is 0 Å². The zero-order valence-corrected chi connectivity index (χ0v) is 10.3. The monoisotopic (exact) mass is 238 g/mol. The summed E-state index contributed by atoms with van der Waals surface area (Å²) in [4.78, 5) is 10.8. The van der Waals surface area contributed by atoms with Gasteiger partial charge in [-0.15, -0.1) is 0 Å². The largest absolute Gasteiger partial charge is 0.469 e. The number of nitrogens with one attached hydrogen (secondary N) is 1. The van der Waals surface area contributed by atoms with Crippen LogP contribution in [-0.2, 0) is 19.7 Å². The predicted molar refractivity (Wildman–Crippen MR) is 56.5 cm³/mol. The lowest BCUT2D eigenvalue weighted by Gasteiger charge is -2.18. The van der Waals surface area contributed by atoms with Crippen molar-refractivity contribution in [2.45, 2.75) is 26.3 Å². The van der Waals surface area contributed by atoms with E-state index < -0.39 is 16.2 Å². The maximum absolute atomic E-state index is 11.5. The standard InChI is InChI=1S/C8H18N2O4S/c1-7(2)9-15(12,13)10(3)6-5-8(11)14-4/h7,9H,5-6H2,1-4H3. The number of nitrogens with zero attached hydrogens (tertiary/aromatic N) is 1. The van der Waals surface area contributed by atoms with Gasteiger partial charge in [0.15, 0.2) is 0 Å². The Bertz CT molecular complexity index is 300. The number of hydrogen-bond donors (Lipinski definition) is 1. The van der Waals surface area contributed by atoms with Gasteiger partial charge in [0.1, 0.15) is 0 Å². The second kappa shape index (κ2) is 6.04. The van der Waals surface area contributed by atoms with Crippen molar-refractivity contribution in [1.82, 2.24) is 9.03 Å². The Kier molecular flexibility index (Phi) is 5.77. The van der Waals surface area contributed by atoms with Crippen LogP contribution in [0.1, 0.15) is 20.3 Å². The van der Waals surface area contributed by atoms with E-state index in [0.717, 1.165) is 4.31 Å². The Labute approximate surface area is 90.8 Å². The molecule has 7 heteroatoms. The molecule has 1 N–H and O–H groups in total. The second-order valence-electron chi connectivity index (χ2n) is 3.43. The van der Waals surface area contributed by atoms with Gasteiger partial charge in [-0.1, -0.05) is 0 Å². The molecule has 0 aromatic heterocycles. The topological polar surface area (TPSA) is 75.7 Å². The molecule has 0 saturated carbocycles.